The van der Waals surface area contributed by atoms with Gasteiger partial charge in [0.1, 0.15) is 6.04 Å². The maximum atomic E-state index is 11.3. The zero-order chi connectivity index (χ0) is 12.7. The zero-order valence-corrected chi connectivity index (χ0v) is 8.97. The Morgan fingerprint density at radius 3 is 2.25 bits per heavy atom. The molecule has 5 N–H and O–H groups in total. The van der Waals surface area contributed by atoms with Gasteiger partial charge in [-0.15, -0.1) is 0 Å². The number of amides is 1. The number of nitrogens with one attached hydrogen (secondary N) is 1. The molecule has 0 radical (unpaired) electrons. The molecule has 92 valence electrons. The molecule has 0 rings (SSSR count). The molecule has 0 aromatic carbocycles. The summed E-state index contributed by atoms with van der Waals surface area (Å²) in [4.78, 5) is 32.3. The Labute approximate surface area is 92.6 Å². The van der Waals surface area contributed by atoms with E-state index in [-0.39, 0.29) is 19.4 Å². The van der Waals surface area contributed by atoms with Crippen molar-refractivity contribution in [3.05, 3.63) is 0 Å². The van der Waals surface area contributed by atoms with Crippen LogP contribution in [-0.4, -0.2) is 40.6 Å². The standard InChI is InChI=1S/C9H16N2O5/c1-5(4-10)8(14)11-6(9(15)16)2-3-7(12)13/h5-6H,2-4,10H2,1H3,(H,11,14)(H,12,13)(H,15,16)/t5?,6-/m0/s1. The fourth-order valence-corrected chi connectivity index (χ4v) is 0.946. The van der Waals surface area contributed by atoms with Gasteiger partial charge in [0, 0.05) is 18.9 Å². The molecule has 7 heteroatoms. The van der Waals surface area contributed by atoms with Crippen LogP contribution in [-0.2, 0) is 14.4 Å². The van der Waals surface area contributed by atoms with Crippen molar-refractivity contribution < 1.29 is 24.6 Å². The van der Waals surface area contributed by atoms with E-state index in [2.05, 4.69) is 5.32 Å². The molecule has 0 spiro atoms. The van der Waals surface area contributed by atoms with E-state index in [0.717, 1.165) is 0 Å². The third kappa shape index (κ3) is 5.30. The molecule has 0 saturated carbocycles. The number of carboxylic acid groups (broad SMARTS) is 2. The van der Waals surface area contributed by atoms with Crippen molar-refractivity contribution in [3.8, 4) is 0 Å². The second kappa shape index (κ2) is 6.78. The molecule has 0 fully saturated rings. The van der Waals surface area contributed by atoms with Crippen molar-refractivity contribution >= 4 is 17.8 Å². The number of carbonyl (C=O) groups excluding carboxylic acids is 1. The molecule has 2 atom stereocenters. The molecular formula is C9H16N2O5. The van der Waals surface area contributed by atoms with Gasteiger partial charge >= 0.3 is 11.9 Å². The normalized spacial score (nSPS) is 13.9. The molecule has 0 heterocycles. The number of rotatable bonds is 7. The van der Waals surface area contributed by atoms with E-state index in [1.807, 2.05) is 0 Å². The van der Waals surface area contributed by atoms with E-state index in [0.29, 0.717) is 0 Å². The van der Waals surface area contributed by atoms with E-state index < -0.39 is 29.8 Å². The Balaban J connectivity index is 4.28. The molecule has 0 aromatic rings. The van der Waals surface area contributed by atoms with Gasteiger partial charge in [0.15, 0.2) is 0 Å². The molecule has 0 bridgehead atoms. The first-order chi connectivity index (χ1) is 7.38. The van der Waals surface area contributed by atoms with Gasteiger partial charge in [-0.25, -0.2) is 4.79 Å². The van der Waals surface area contributed by atoms with Gasteiger partial charge in [0.05, 0.1) is 0 Å². The Hall–Kier alpha value is -1.63. The van der Waals surface area contributed by atoms with Crippen LogP contribution in [0.15, 0.2) is 0 Å². The highest BCUT2D eigenvalue weighted by atomic mass is 16.4. The fraction of sp³-hybridized carbons (Fsp3) is 0.667. The summed E-state index contributed by atoms with van der Waals surface area (Å²) in [6.45, 7) is 1.67. The van der Waals surface area contributed by atoms with E-state index in [9.17, 15) is 14.4 Å². The van der Waals surface area contributed by atoms with E-state index in [1.54, 1.807) is 6.92 Å². The molecule has 0 aromatic heterocycles. The van der Waals surface area contributed by atoms with Crippen LogP contribution in [0.25, 0.3) is 0 Å². The maximum Gasteiger partial charge on any atom is 0.326 e. The second-order valence-corrected chi connectivity index (χ2v) is 3.47. The zero-order valence-electron chi connectivity index (χ0n) is 8.97. The largest absolute Gasteiger partial charge is 0.481 e. The molecule has 0 aliphatic heterocycles. The highest BCUT2D eigenvalue weighted by molar-refractivity contribution is 5.85. The lowest BCUT2D eigenvalue weighted by atomic mass is 10.1. The first kappa shape index (κ1) is 14.4. The highest BCUT2D eigenvalue weighted by Crippen LogP contribution is 2.00. The lowest BCUT2D eigenvalue weighted by Crippen LogP contribution is -2.44. The first-order valence-corrected chi connectivity index (χ1v) is 4.83. The SMILES string of the molecule is CC(CN)C(=O)N[C@@H](CCC(=O)O)C(=O)O. The summed E-state index contributed by atoms with van der Waals surface area (Å²) in [6.07, 6.45) is -0.456. The molecular weight excluding hydrogens is 216 g/mol. The van der Waals surface area contributed by atoms with Crippen LogP contribution < -0.4 is 11.1 Å². The van der Waals surface area contributed by atoms with Crippen LogP contribution in [0.5, 0.6) is 0 Å². The van der Waals surface area contributed by atoms with Gasteiger partial charge < -0.3 is 21.3 Å². The summed E-state index contributed by atoms with van der Waals surface area (Å²) in [5, 5.41) is 19.4. The predicted octanol–water partition coefficient (Wildman–Crippen LogP) is -0.985. The Bertz CT molecular complexity index is 279. The van der Waals surface area contributed by atoms with Crippen molar-refractivity contribution in [2.24, 2.45) is 11.7 Å². The van der Waals surface area contributed by atoms with Gasteiger partial charge in [0.25, 0.3) is 0 Å². The molecule has 0 aliphatic carbocycles. The van der Waals surface area contributed by atoms with Crippen molar-refractivity contribution in [1.82, 2.24) is 5.32 Å². The number of hydrogen-bond donors (Lipinski definition) is 4. The molecule has 7 nitrogen and oxygen atoms in total. The predicted molar refractivity (Wildman–Crippen MR) is 54.7 cm³/mol. The van der Waals surface area contributed by atoms with Gasteiger partial charge in [-0.2, -0.15) is 0 Å². The van der Waals surface area contributed by atoms with Gasteiger partial charge in [0.2, 0.25) is 5.91 Å². The summed E-state index contributed by atoms with van der Waals surface area (Å²) >= 11 is 0. The number of aliphatic carboxylic acids is 2. The van der Waals surface area contributed by atoms with Crippen molar-refractivity contribution in [1.29, 1.82) is 0 Å². The summed E-state index contributed by atoms with van der Waals surface area (Å²) in [5.74, 6) is -3.34. The van der Waals surface area contributed by atoms with Crippen molar-refractivity contribution in [2.75, 3.05) is 6.54 Å². The van der Waals surface area contributed by atoms with E-state index >= 15 is 0 Å². The van der Waals surface area contributed by atoms with Crippen LogP contribution in [0.1, 0.15) is 19.8 Å². The quantitative estimate of drug-likeness (QED) is 0.446. The van der Waals surface area contributed by atoms with Crippen LogP contribution in [0, 0.1) is 5.92 Å². The molecule has 1 unspecified atom stereocenters. The Morgan fingerprint density at radius 1 is 1.31 bits per heavy atom. The Morgan fingerprint density at radius 2 is 1.88 bits per heavy atom. The number of hydrogen-bond acceptors (Lipinski definition) is 4. The smallest absolute Gasteiger partial charge is 0.326 e. The van der Waals surface area contributed by atoms with E-state index in [1.165, 1.54) is 0 Å². The number of carbonyl (C=O) groups is 3. The monoisotopic (exact) mass is 232 g/mol. The van der Waals surface area contributed by atoms with Gasteiger partial charge in [-0.3, -0.25) is 9.59 Å². The highest BCUT2D eigenvalue weighted by Gasteiger charge is 2.22. The maximum absolute atomic E-state index is 11.3. The second-order valence-electron chi connectivity index (χ2n) is 3.47. The molecule has 0 saturated heterocycles. The fourth-order valence-electron chi connectivity index (χ4n) is 0.946. The minimum absolute atomic E-state index is 0.108. The number of nitrogens with two attached hydrogens (primary N) is 1. The minimum Gasteiger partial charge on any atom is -0.481 e. The number of carboxylic acids is 2. The van der Waals surface area contributed by atoms with E-state index in [4.69, 9.17) is 15.9 Å². The third-order valence-corrected chi connectivity index (χ3v) is 2.06. The van der Waals surface area contributed by atoms with Crippen molar-refractivity contribution in [3.63, 3.8) is 0 Å². The minimum atomic E-state index is -1.25. The Kier molecular flexibility index (Phi) is 6.09. The summed E-state index contributed by atoms with van der Waals surface area (Å²) in [5.41, 5.74) is 5.24. The van der Waals surface area contributed by atoms with Crippen molar-refractivity contribution in [2.45, 2.75) is 25.8 Å². The lowest BCUT2D eigenvalue weighted by molar-refractivity contribution is -0.143. The molecule has 1 amide bonds. The van der Waals surface area contributed by atoms with Crippen LogP contribution in [0.4, 0.5) is 0 Å². The van der Waals surface area contributed by atoms with Gasteiger partial charge in [-0.05, 0) is 6.42 Å². The molecule has 16 heavy (non-hydrogen) atoms. The summed E-state index contributed by atoms with van der Waals surface area (Å²) in [7, 11) is 0. The first-order valence-electron chi connectivity index (χ1n) is 4.83. The van der Waals surface area contributed by atoms with Crippen LogP contribution >= 0.6 is 0 Å². The third-order valence-electron chi connectivity index (χ3n) is 2.06. The average Bonchev–Trinajstić information content (AvgIpc) is 2.21. The van der Waals surface area contributed by atoms with Gasteiger partial charge in [-0.1, -0.05) is 6.92 Å². The topological polar surface area (TPSA) is 130 Å². The molecule has 0 aliphatic rings. The summed E-state index contributed by atoms with van der Waals surface area (Å²) in [6, 6.07) is -1.18. The average molecular weight is 232 g/mol. The van der Waals surface area contributed by atoms with Crippen LogP contribution in [0.3, 0.4) is 0 Å². The lowest BCUT2D eigenvalue weighted by Gasteiger charge is -2.16. The summed E-state index contributed by atoms with van der Waals surface area (Å²) < 4.78 is 0. The van der Waals surface area contributed by atoms with Crippen LogP contribution in [0.2, 0.25) is 0 Å².